The second kappa shape index (κ2) is 7.28. The van der Waals surface area contributed by atoms with Gasteiger partial charge in [-0.05, 0) is 44.4 Å². The summed E-state index contributed by atoms with van der Waals surface area (Å²) in [5, 5.41) is 3.24. The Balaban J connectivity index is 2.54. The van der Waals surface area contributed by atoms with Crippen molar-refractivity contribution < 1.29 is 0 Å². The number of hydrogen-bond donors (Lipinski definition) is 0. The fourth-order valence-corrected chi connectivity index (χ4v) is 6.03. The molecule has 0 saturated heterocycles. The Morgan fingerprint density at radius 2 is 1.24 bits per heavy atom. The lowest BCUT2D eigenvalue weighted by atomic mass is 10.1. The summed E-state index contributed by atoms with van der Waals surface area (Å²) in [6, 6.07) is 4.84. The van der Waals surface area contributed by atoms with E-state index >= 15 is 0 Å². The molecule has 3 nitrogen and oxygen atoms in total. The summed E-state index contributed by atoms with van der Waals surface area (Å²) < 4.78 is 0. The highest BCUT2D eigenvalue weighted by Crippen LogP contribution is 2.38. The van der Waals surface area contributed by atoms with Crippen LogP contribution in [0.2, 0.25) is 0 Å². The number of hydrogen-bond acceptors (Lipinski definition) is 3. The first-order valence-electron chi connectivity index (χ1n) is 9.12. The average Bonchev–Trinajstić information content (AvgIpc) is 2.71. The highest BCUT2D eigenvalue weighted by molar-refractivity contribution is 6.62. The van der Waals surface area contributed by atoms with E-state index < -0.39 is 9.52 Å². The summed E-state index contributed by atoms with van der Waals surface area (Å²) in [6.07, 6.45) is 0. The van der Waals surface area contributed by atoms with Crippen LogP contribution < -0.4 is 19.9 Å². The fraction of sp³-hybridized carbons (Fsp3) is 0.524. The summed E-state index contributed by atoms with van der Waals surface area (Å²) >= 11 is 0. The third kappa shape index (κ3) is 3.64. The number of allylic oxidation sites excluding steroid dienone is 4. The topological polar surface area (TPSA) is 9.72 Å². The maximum absolute atomic E-state index is 2.42. The lowest BCUT2D eigenvalue weighted by Gasteiger charge is -2.29. The zero-order valence-corrected chi connectivity index (χ0v) is 19.2. The normalized spacial score (nSPS) is 17.9. The van der Waals surface area contributed by atoms with E-state index in [4.69, 9.17) is 0 Å². The highest BCUT2D eigenvalue weighted by atomic mass is 28.2. The van der Waals surface area contributed by atoms with Crippen molar-refractivity contribution >= 4 is 31.8 Å². The van der Waals surface area contributed by atoms with Crippen molar-refractivity contribution in [3.63, 3.8) is 0 Å². The molecule has 0 heterocycles. The van der Waals surface area contributed by atoms with E-state index in [1.165, 1.54) is 27.8 Å². The lowest BCUT2D eigenvalue weighted by Crippen LogP contribution is -2.27. The molecule has 1 aromatic rings. The van der Waals surface area contributed by atoms with E-state index in [1.54, 1.807) is 16.3 Å². The third-order valence-corrected chi connectivity index (χ3v) is 8.08. The standard InChI is InChI=1S/C21H35N3Si/c1-13-14(2)16(4)21(15(13)3)25-17-11-18(22(5)6)20(24(9)10)19(12-17)23(7)8/h11-12,15H,25H2,1-10H3. The predicted molar refractivity (Wildman–Crippen MR) is 118 cm³/mol. The van der Waals surface area contributed by atoms with Crippen LogP contribution in [0.5, 0.6) is 0 Å². The smallest absolute Gasteiger partial charge is 0.0837 e. The molecule has 0 aromatic heterocycles. The minimum absolute atomic E-state index is 0.475. The van der Waals surface area contributed by atoms with Gasteiger partial charge in [-0.1, -0.05) is 28.5 Å². The van der Waals surface area contributed by atoms with Crippen molar-refractivity contribution in [3.05, 3.63) is 34.0 Å². The Kier molecular flexibility index (Phi) is 5.72. The maximum Gasteiger partial charge on any atom is 0.0837 e. The quantitative estimate of drug-likeness (QED) is 0.750. The van der Waals surface area contributed by atoms with Crippen molar-refractivity contribution in [2.24, 2.45) is 5.92 Å². The summed E-state index contributed by atoms with van der Waals surface area (Å²) in [6.45, 7) is 9.29. The van der Waals surface area contributed by atoms with Gasteiger partial charge in [0, 0.05) is 42.3 Å². The number of nitrogens with zero attached hydrogens (tertiary/aromatic N) is 3. The molecule has 0 spiro atoms. The van der Waals surface area contributed by atoms with Crippen LogP contribution in [0.3, 0.4) is 0 Å². The van der Waals surface area contributed by atoms with Gasteiger partial charge in [-0.25, -0.2) is 0 Å². The molecule has 4 heteroatoms. The number of benzene rings is 1. The van der Waals surface area contributed by atoms with Crippen LogP contribution in [-0.4, -0.2) is 51.8 Å². The molecule has 1 unspecified atom stereocenters. The molecule has 0 saturated carbocycles. The molecule has 0 bridgehead atoms. The summed E-state index contributed by atoms with van der Waals surface area (Å²) in [7, 11) is 12.4. The Morgan fingerprint density at radius 3 is 1.56 bits per heavy atom. The fourth-order valence-electron chi connectivity index (χ4n) is 3.86. The summed E-state index contributed by atoms with van der Waals surface area (Å²) in [4.78, 5) is 6.72. The zero-order valence-electron chi connectivity index (χ0n) is 17.8. The van der Waals surface area contributed by atoms with Crippen LogP contribution in [0, 0.1) is 5.92 Å². The van der Waals surface area contributed by atoms with Crippen molar-refractivity contribution in [1.29, 1.82) is 0 Å². The van der Waals surface area contributed by atoms with Crippen molar-refractivity contribution in [2.75, 3.05) is 57.0 Å². The molecule has 0 radical (unpaired) electrons. The molecule has 1 atom stereocenters. The van der Waals surface area contributed by atoms with Crippen LogP contribution >= 0.6 is 0 Å². The molecule has 1 aliphatic rings. The van der Waals surface area contributed by atoms with E-state index in [-0.39, 0.29) is 0 Å². The van der Waals surface area contributed by atoms with Crippen molar-refractivity contribution in [2.45, 2.75) is 27.7 Å². The second-order valence-corrected chi connectivity index (χ2v) is 9.95. The number of rotatable bonds is 5. The molecule has 1 aliphatic carbocycles. The largest absolute Gasteiger partial charge is 0.376 e. The molecule has 0 amide bonds. The minimum atomic E-state index is -0.475. The Bertz CT molecular complexity index is 698. The van der Waals surface area contributed by atoms with E-state index in [9.17, 15) is 0 Å². The van der Waals surface area contributed by atoms with E-state index in [2.05, 4.69) is 96.8 Å². The molecule has 0 aliphatic heterocycles. The summed E-state index contributed by atoms with van der Waals surface area (Å²) in [5.74, 6) is 0.616. The van der Waals surface area contributed by atoms with Crippen molar-refractivity contribution in [3.8, 4) is 0 Å². The van der Waals surface area contributed by atoms with Gasteiger partial charge in [-0.2, -0.15) is 0 Å². The molecule has 25 heavy (non-hydrogen) atoms. The van der Waals surface area contributed by atoms with Gasteiger partial charge in [0.05, 0.1) is 26.6 Å². The van der Waals surface area contributed by atoms with Gasteiger partial charge in [-0.3, -0.25) is 0 Å². The van der Waals surface area contributed by atoms with E-state index in [0.29, 0.717) is 5.92 Å². The molecule has 0 N–H and O–H groups in total. The summed E-state index contributed by atoms with van der Waals surface area (Å²) in [5.41, 5.74) is 8.54. The monoisotopic (exact) mass is 357 g/mol. The molecular weight excluding hydrogens is 322 g/mol. The molecule has 2 rings (SSSR count). The first-order chi connectivity index (χ1) is 11.6. The predicted octanol–water partition coefficient (Wildman–Crippen LogP) is 2.94. The van der Waals surface area contributed by atoms with Crippen LogP contribution in [0.25, 0.3) is 0 Å². The Hall–Kier alpha value is -1.68. The van der Waals surface area contributed by atoms with Crippen LogP contribution in [0.15, 0.2) is 34.0 Å². The van der Waals surface area contributed by atoms with Gasteiger partial charge in [0.2, 0.25) is 0 Å². The molecule has 1 aromatic carbocycles. The zero-order chi connectivity index (χ0) is 19.0. The first-order valence-corrected chi connectivity index (χ1v) is 10.5. The Labute approximate surface area is 156 Å². The highest BCUT2D eigenvalue weighted by Gasteiger charge is 2.25. The van der Waals surface area contributed by atoms with E-state index in [0.717, 1.165) is 0 Å². The van der Waals surface area contributed by atoms with Crippen molar-refractivity contribution in [1.82, 2.24) is 0 Å². The van der Waals surface area contributed by atoms with Crippen LogP contribution in [-0.2, 0) is 0 Å². The van der Waals surface area contributed by atoms with Gasteiger partial charge in [0.1, 0.15) is 0 Å². The van der Waals surface area contributed by atoms with Gasteiger partial charge in [0.25, 0.3) is 0 Å². The minimum Gasteiger partial charge on any atom is -0.376 e. The average molecular weight is 358 g/mol. The SMILES string of the molecule is CC1=C(C)C(C)C([SiH2]c2cc(N(C)C)c(N(C)C)c(N(C)C)c2)=C1C. The molecule has 0 fully saturated rings. The van der Waals surface area contributed by atoms with Gasteiger partial charge in [0.15, 0.2) is 0 Å². The maximum atomic E-state index is 2.42. The molecule has 138 valence electrons. The van der Waals surface area contributed by atoms with E-state index in [1.807, 2.05) is 0 Å². The molecular formula is C21H35N3Si. The Morgan fingerprint density at radius 1 is 0.760 bits per heavy atom. The number of anilines is 3. The van der Waals surface area contributed by atoms with Gasteiger partial charge < -0.3 is 14.7 Å². The lowest BCUT2D eigenvalue weighted by molar-refractivity contribution is 0.856. The third-order valence-electron chi connectivity index (χ3n) is 5.74. The van der Waals surface area contributed by atoms with Gasteiger partial charge >= 0.3 is 0 Å². The van der Waals surface area contributed by atoms with Gasteiger partial charge in [-0.15, -0.1) is 0 Å². The second-order valence-electron chi connectivity index (χ2n) is 8.02. The van der Waals surface area contributed by atoms with Crippen LogP contribution in [0.4, 0.5) is 17.1 Å². The van der Waals surface area contributed by atoms with Crippen LogP contribution in [0.1, 0.15) is 27.7 Å². The first kappa shape index (κ1) is 19.6.